The van der Waals surface area contributed by atoms with Crippen LogP contribution >= 0.6 is 0 Å². The van der Waals surface area contributed by atoms with Crippen LogP contribution in [-0.4, -0.2) is 39.6 Å². The Hall–Kier alpha value is -2.18. The van der Waals surface area contributed by atoms with Crippen LogP contribution in [0.25, 0.3) is 11.3 Å². The topological polar surface area (TPSA) is 95.4 Å². The second kappa shape index (κ2) is 6.31. The Morgan fingerprint density at radius 2 is 2.10 bits per heavy atom. The molecule has 2 aromatic rings. The number of nitrogens with zero attached hydrogens (tertiary/aromatic N) is 1. The van der Waals surface area contributed by atoms with Crippen molar-refractivity contribution in [3.8, 4) is 11.3 Å². The quantitative estimate of drug-likeness (QED) is 0.709. The number of methoxy groups -OCH3 is 1. The minimum Gasteiger partial charge on any atom is -0.469 e. The molecule has 1 heterocycles. The summed E-state index contributed by atoms with van der Waals surface area (Å²) in [5, 5.41) is 26.8. The van der Waals surface area contributed by atoms with E-state index in [1.54, 1.807) is 30.5 Å². The molecule has 1 aromatic carbocycles. The van der Waals surface area contributed by atoms with E-state index in [1.807, 2.05) is 6.07 Å². The van der Waals surface area contributed by atoms with Crippen LogP contribution in [0.2, 0.25) is 0 Å². The molecule has 0 spiro atoms. The predicted octanol–water partition coefficient (Wildman–Crippen LogP) is 1.03. The minimum atomic E-state index is -1.23. The van der Waals surface area contributed by atoms with Gasteiger partial charge in [0.25, 0.3) is 0 Å². The number of aliphatic hydroxyl groups is 2. The number of benzene rings is 1. The number of esters is 1. The van der Waals surface area contributed by atoms with Gasteiger partial charge in [0.1, 0.15) is 6.10 Å². The van der Waals surface area contributed by atoms with Crippen LogP contribution in [0, 0.1) is 0 Å². The van der Waals surface area contributed by atoms with E-state index in [0.29, 0.717) is 5.56 Å². The van der Waals surface area contributed by atoms with Crippen molar-refractivity contribution in [2.24, 2.45) is 0 Å². The van der Waals surface area contributed by atoms with Gasteiger partial charge in [-0.1, -0.05) is 24.3 Å². The Balaban J connectivity index is 2.26. The van der Waals surface area contributed by atoms with Crippen LogP contribution in [0.1, 0.15) is 18.1 Å². The number of aliphatic hydroxyl groups excluding tert-OH is 2. The summed E-state index contributed by atoms with van der Waals surface area (Å²) < 4.78 is 4.48. The van der Waals surface area contributed by atoms with Crippen molar-refractivity contribution in [1.29, 1.82) is 0 Å². The summed E-state index contributed by atoms with van der Waals surface area (Å²) in [6.45, 7) is 0. The smallest absolute Gasteiger partial charge is 0.308 e. The lowest BCUT2D eigenvalue weighted by molar-refractivity contribution is -0.144. The summed E-state index contributed by atoms with van der Waals surface area (Å²) in [5.74, 6) is -0.574. The monoisotopic (exact) mass is 276 g/mol. The molecule has 2 atom stereocenters. The number of hydrogen-bond donors (Lipinski definition) is 3. The van der Waals surface area contributed by atoms with Crippen molar-refractivity contribution in [2.75, 3.05) is 7.11 Å². The van der Waals surface area contributed by atoms with Crippen LogP contribution in [0.5, 0.6) is 0 Å². The average Bonchev–Trinajstić information content (AvgIpc) is 3.00. The zero-order chi connectivity index (χ0) is 14.5. The minimum absolute atomic E-state index is 0.269. The maximum absolute atomic E-state index is 11.2. The molecule has 2 unspecified atom stereocenters. The van der Waals surface area contributed by atoms with E-state index in [9.17, 15) is 15.0 Å². The largest absolute Gasteiger partial charge is 0.469 e. The van der Waals surface area contributed by atoms with E-state index >= 15 is 0 Å². The van der Waals surface area contributed by atoms with E-state index < -0.39 is 18.2 Å². The first-order valence-corrected chi connectivity index (χ1v) is 6.15. The summed E-state index contributed by atoms with van der Waals surface area (Å²) in [6, 6.07) is 8.83. The Kier molecular flexibility index (Phi) is 4.49. The van der Waals surface area contributed by atoms with Gasteiger partial charge < -0.3 is 14.9 Å². The molecule has 0 amide bonds. The number of rotatable bonds is 5. The van der Waals surface area contributed by atoms with Gasteiger partial charge in [0.15, 0.2) is 0 Å². The molecule has 20 heavy (non-hydrogen) atoms. The number of carbonyl (C=O) groups is 1. The van der Waals surface area contributed by atoms with Crippen molar-refractivity contribution < 1.29 is 19.7 Å². The fourth-order valence-corrected chi connectivity index (χ4v) is 1.98. The van der Waals surface area contributed by atoms with Gasteiger partial charge in [0, 0.05) is 11.8 Å². The number of H-pyrrole nitrogens is 1. The second-order valence-corrected chi connectivity index (χ2v) is 4.35. The third kappa shape index (κ3) is 3.04. The van der Waals surface area contributed by atoms with E-state index in [2.05, 4.69) is 14.9 Å². The van der Waals surface area contributed by atoms with Crippen molar-refractivity contribution in [3.63, 3.8) is 0 Å². The number of carbonyl (C=O) groups excluding carboxylic acids is 1. The van der Waals surface area contributed by atoms with Crippen LogP contribution in [-0.2, 0) is 9.53 Å². The maximum atomic E-state index is 11.2. The highest BCUT2D eigenvalue weighted by Gasteiger charge is 2.24. The fourth-order valence-electron chi connectivity index (χ4n) is 1.98. The first-order valence-electron chi connectivity index (χ1n) is 6.15. The van der Waals surface area contributed by atoms with Crippen molar-refractivity contribution in [3.05, 3.63) is 42.1 Å². The molecular formula is C14H16N2O4. The van der Waals surface area contributed by atoms with Gasteiger partial charge in [-0.25, -0.2) is 0 Å². The molecule has 0 aliphatic heterocycles. The Bertz CT molecular complexity index is 568. The molecule has 1 aromatic heterocycles. The zero-order valence-corrected chi connectivity index (χ0v) is 11.0. The normalized spacial score (nSPS) is 13.8. The molecule has 0 fully saturated rings. The van der Waals surface area contributed by atoms with Crippen LogP contribution in [0.15, 0.2) is 36.5 Å². The van der Waals surface area contributed by atoms with Crippen molar-refractivity contribution >= 4 is 5.97 Å². The van der Waals surface area contributed by atoms with Crippen molar-refractivity contribution in [1.82, 2.24) is 10.2 Å². The lowest BCUT2D eigenvalue weighted by Crippen LogP contribution is -2.23. The van der Waals surface area contributed by atoms with Gasteiger partial charge >= 0.3 is 5.97 Å². The number of hydrogen-bond acceptors (Lipinski definition) is 5. The van der Waals surface area contributed by atoms with Crippen LogP contribution < -0.4 is 0 Å². The lowest BCUT2D eigenvalue weighted by atomic mass is 9.95. The van der Waals surface area contributed by atoms with Crippen LogP contribution in [0.4, 0.5) is 0 Å². The second-order valence-electron chi connectivity index (χ2n) is 4.35. The fraction of sp³-hybridized carbons (Fsp3) is 0.286. The first-order chi connectivity index (χ1) is 9.63. The predicted molar refractivity (Wildman–Crippen MR) is 71.6 cm³/mol. The molecule has 0 aliphatic carbocycles. The maximum Gasteiger partial charge on any atom is 0.308 e. The molecule has 106 valence electrons. The van der Waals surface area contributed by atoms with Gasteiger partial charge in [0.2, 0.25) is 0 Å². The number of aromatic nitrogens is 2. The Morgan fingerprint density at radius 3 is 2.75 bits per heavy atom. The van der Waals surface area contributed by atoms with Gasteiger partial charge in [-0.3, -0.25) is 9.89 Å². The molecular weight excluding hydrogens is 260 g/mol. The molecule has 3 N–H and O–H groups in total. The summed E-state index contributed by atoms with van der Waals surface area (Å²) in [7, 11) is 1.24. The Morgan fingerprint density at radius 1 is 1.35 bits per heavy atom. The average molecular weight is 276 g/mol. The summed E-state index contributed by atoms with van der Waals surface area (Å²) in [6.07, 6.45) is -1.08. The molecule has 6 nitrogen and oxygen atoms in total. The summed E-state index contributed by atoms with van der Waals surface area (Å²) >= 11 is 0. The van der Waals surface area contributed by atoms with E-state index in [1.165, 1.54) is 7.11 Å². The summed E-state index contributed by atoms with van der Waals surface area (Å²) in [4.78, 5) is 11.2. The highest BCUT2D eigenvalue weighted by molar-refractivity contribution is 5.70. The SMILES string of the molecule is COC(=O)CC(O)C(O)c1ccccc1-c1ccn[nH]1. The highest BCUT2D eigenvalue weighted by atomic mass is 16.5. The molecule has 6 heteroatoms. The van der Waals surface area contributed by atoms with Gasteiger partial charge in [0.05, 0.1) is 25.3 Å². The third-order valence-electron chi connectivity index (χ3n) is 3.04. The number of aromatic amines is 1. The van der Waals surface area contributed by atoms with E-state index in [0.717, 1.165) is 11.3 Å². The lowest BCUT2D eigenvalue weighted by Gasteiger charge is -2.19. The zero-order valence-electron chi connectivity index (χ0n) is 11.0. The molecule has 0 bridgehead atoms. The summed E-state index contributed by atoms with van der Waals surface area (Å²) in [5.41, 5.74) is 1.97. The van der Waals surface area contributed by atoms with Crippen molar-refractivity contribution in [2.45, 2.75) is 18.6 Å². The van der Waals surface area contributed by atoms with Gasteiger partial charge in [-0.15, -0.1) is 0 Å². The number of nitrogens with one attached hydrogen (secondary N) is 1. The molecule has 0 saturated heterocycles. The third-order valence-corrected chi connectivity index (χ3v) is 3.04. The standard InChI is InChI=1S/C14H16N2O4/c1-20-13(18)8-12(17)14(19)10-5-3-2-4-9(10)11-6-7-15-16-11/h2-7,12,14,17,19H,8H2,1H3,(H,15,16). The first kappa shape index (κ1) is 14.2. The highest BCUT2D eigenvalue weighted by Crippen LogP contribution is 2.29. The Labute approximate surface area is 116 Å². The van der Waals surface area contributed by atoms with Gasteiger partial charge in [-0.05, 0) is 11.6 Å². The molecule has 0 radical (unpaired) electrons. The van der Waals surface area contributed by atoms with E-state index in [-0.39, 0.29) is 6.42 Å². The van der Waals surface area contributed by atoms with Gasteiger partial charge in [-0.2, -0.15) is 5.10 Å². The van der Waals surface area contributed by atoms with E-state index in [4.69, 9.17) is 0 Å². The van der Waals surface area contributed by atoms with Crippen LogP contribution in [0.3, 0.4) is 0 Å². The molecule has 2 rings (SSSR count). The number of ether oxygens (including phenoxy) is 1. The molecule has 0 aliphatic rings. The molecule has 0 saturated carbocycles.